The molecule has 0 bridgehead atoms. The maximum Gasteiger partial charge on any atom is 0.230 e. The fraction of sp³-hybridized carbons (Fsp3) is 0.263. The summed E-state index contributed by atoms with van der Waals surface area (Å²) >= 11 is 1.40. The van der Waals surface area contributed by atoms with Crippen molar-refractivity contribution >= 4 is 28.6 Å². The molecule has 0 saturated heterocycles. The molecule has 0 spiro atoms. The number of hydrogen-bond acceptors (Lipinski definition) is 6. The first-order chi connectivity index (χ1) is 12.6. The van der Waals surface area contributed by atoms with E-state index in [0.29, 0.717) is 18.0 Å². The summed E-state index contributed by atoms with van der Waals surface area (Å²) in [6, 6.07) is 9.40. The molecule has 0 aliphatic heterocycles. The zero-order chi connectivity index (χ0) is 18.5. The van der Waals surface area contributed by atoms with Crippen molar-refractivity contribution in [3.8, 4) is 11.5 Å². The van der Waals surface area contributed by atoms with Crippen LogP contribution in [-0.4, -0.2) is 30.9 Å². The monoisotopic (exact) mass is 372 g/mol. The van der Waals surface area contributed by atoms with Gasteiger partial charge in [0.15, 0.2) is 11.5 Å². The Balaban J connectivity index is 1.71. The number of methoxy groups -OCH3 is 2. The first-order valence-electron chi connectivity index (χ1n) is 8.06. The second kappa shape index (κ2) is 8.14. The molecular formula is C19H20N2O4S. The highest BCUT2D eigenvalue weighted by Crippen LogP contribution is 2.33. The van der Waals surface area contributed by atoms with Crippen molar-refractivity contribution in [3.05, 3.63) is 47.9 Å². The van der Waals surface area contributed by atoms with Crippen molar-refractivity contribution in [1.82, 2.24) is 10.3 Å². The molecule has 1 aromatic carbocycles. The first kappa shape index (κ1) is 18.1. The number of ether oxygens (including phenoxy) is 2. The zero-order valence-corrected chi connectivity index (χ0v) is 15.7. The molecule has 3 aromatic rings. The lowest BCUT2D eigenvalue weighted by Gasteiger charge is -2.11. The van der Waals surface area contributed by atoms with E-state index < -0.39 is 0 Å². The summed E-state index contributed by atoms with van der Waals surface area (Å²) < 4.78 is 15.9. The summed E-state index contributed by atoms with van der Waals surface area (Å²) in [4.78, 5) is 16.7. The average Bonchev–Trinajstić information content (AvgIpc) is 3.17. The number of furan rings is 1. The Bertz CT molecular complexity index is 910. The van der Waals surface area contributed by atoms with Gasteiger partial charge in [-0.2, -0.15) is 0 Å². The number of fused-ring (bicyclic) bond motifs is 1. The molecule has 0 unspecified atom stereocenters. The van der Waals surface area contributed by atoms with Crippen LogP contribution in [0.1, 0.15) is 11.3 Å². The van der Waals surface area contributed by atoms with E-state index in [9.17, 15) is 4.79 Å². The normalized spacial score (nSPS) is 10.7. The lowest BCUT2D eigenvalue weighted by molar-refractivity contribution is -0.118. The van der Waals surface area contributed by atoms with Crippen molar-refractivity contribution in [3.63, 3.8) is 0 Å². The summed E-state index contributed by atoms with van der Waals surface area (Å²) in [5.74, 6) is 2.24. The largest absolute Gasteiger partial charge is 0.493 e. The van der Waals surface area contributed by atoms with Crippen LogP contribution in [-0.2, 0) is 11.3 Å². The third-order valence-electron chi connectivity index (χ3n) is 3.84. The number of thioether (sulfide) groups is 1. The molecule has 0 saturated carbocycles. The molecule has 1 N–H and O–H groups in total. The van der Waals surface area contributed by atoms with Crippen LogP contribution >= 0.6 is 11.8 Å². The summed E-state index contributed by atoms with van der Waals surface area (Å²) in [5, 5.41) is 4.61. The minimum Gasteiger partial charge on any atom is -0.493 e. The van der Waals surface area contributed by atoms with E-state index in [1.165, 1.54) is 11.8 Å². The SMILES string of the molecule is COc1cc2cc(C)c(SCC(=O)NCc3ccco3)nc2cc1OC. The number of amides is 1. The number of rotatable bonds is 7. The molecule has 2 aromatic heterocycles. The minimum absolute atomic E-state index is 0.0694. The number of carbonyl (C=O) groups is 1. The molecule has 6 nitrogen and oxygen atoms in total. The molecule has 7 heteroatoms. The second-order valence-corrected chi connectivity index (χ2v) is 6.62. The van der Waals surface area contributed by atoms with Crippen molar-refractivity contribution in [1.29, 1.82) is 0 Å². The standard InChI is InChI=1S/C19H20N2O4S/c1-12-7-13-8-16(23-2)17(24-3)9-15(13)21-19(12)26-11-18(22)20-10-14-5-4-6-25-14/h4-9H,10-11H2,1-3H3,(H,20,22). The highest BCUT2D eigenvalue weighted by molar-refractivity contribution is 7.99. The Hall–Kier alpha value is -2.67. The predicted molar refractivity (Wildman–Crippen MR) is 101 cm³/mol. The van der Waals surface area contributed by atoms with Crippen molar-refractivity contribution in [2.75, 3.05) is 20.0 Å². The molecule has 136 valence electrons. The molecule has 1 amide bonds. The summed E-state index contributed by atoms with van der Waals surface area (Å²) in [7, 11) is 3.20. The van der Waals surface area contributed by atoms with Gasteiger partial charge in [0.05, 0.1) is 38.3 Å². The van der Waals surface area contributed by atoms with Crippen LogP contribution in [0.4, 0.5) is 0 Å². The lowest BCUT2D eigenvalue weighted by atomic mass is 10.1. The molecule has 0 aliphatic rings. The molecule has 26 heavy (non-hydrogen) atoms. The maximum atomic E-state index is 12.0. The van der Waals surface area contributed by atoms with Gasteiger partial charge < -0.3 is 19.2 Å². The van der Waals surface area contributed by atoms with Crippen LogP contribution in [0.15, 0.2) is 46.0 Å². The van der Waals surface area contributed by atoms with Gasteiger partial charge in [-0.15, -0.1) is 0 Å². The number of aryl methyl sites for hydroxylation is 1. The Kier molecular flexibility index (Phi) is 5.68. The van der Waals surface area contributed by atoms with E-state index >= 15 is 0 Å². The average molecular weight is 372 g/mol. The van der Waals surface area contributed by atoms with Gasteiger partial charge in [-0.1, -0.05) is 11.8 Å². The fourth-order valence-electron chi connectivity index (χ4n) is 2.52. The van der Waals surface area contributed by atoms with Gasteiger partial charge in [-0.05, 0) is 36.8 Å². The summed E-state index contributed by atoms with van der Waals surface area (Å²) in [6.45, 7) is 2.36. The topological polar surface area (TPSA) is 73.6 Å². The maximum absolute atomic E-state index is 12.0. The van der Waals surface area contributed by atoms with Crippen LogP contribution in [0.2, 0.25) is 0 Å². The van der Waals surface area contributed by atoms with Crippen LogP contribution in [0, 0.1) is 6.92 Å². The van der Waals surface area contributed by atoms with Gasteiger partial charge in [0.2, 0.25) is 5.91 Å². The van der Waals surface area contributed by atoms with Gasteiger partial charge in [0.1, 0.15) is 10.8 Å². The highest BCUT2D eigenvalue weighted by atomic mass is 32.2. The quantitative estimate of drug-likeness (QED) is 0.639. The molecule has 0 fully saturated rings. The van der Waals surface area contributed by atoms with Crippen molar-refractivity contribution < 1.29 is 18.7 Å². The number of nitrogens with zero attached hydrogens (tertiary/aromatic N) is 1. The number of carbonyl (C=O) groups excluding carboxylic acids is 1. The number of hydrogen-bond donors (Lipinski definition) is 1. The Morgan fingerprint density at radius 3 is 2.69 bits per heavy atom. The zero-order valence-electron chi connectivity index (χ0n) is 14.9. The van der Waals surface area contributed by atoms with Gasteiger partial charge >= 0.3 is 0 Å². The van der Waals surface area contributed by atoms with Crippen molar-refractivity contribution in [2.45, 2.75) is 18.5 Å². The van der Waals surface area contributed by atoms with Gasteiger partial charge in [0, 0.05) is 11.5 Å². The van der Waals surface area contributed by atoms with E-state index in [-0.39, 0.29) is 11.7 Å². The molecule has 0 atom stereocenters. The van der Waals surface area contributed by atoms with Gasteiger partial charge in [-0.25, -0.2) is 4.98 Å². The van der Waals surface area contributed by atoms with Gasteiger partial charge in [0.25, 0.3) is 0 Å². The first-order valence-corrected chi connectivity index (χ1v) is 9.04. The Labute approximate surface area is 155 Å². The summed E-state index contributed by atoms with van der Waals surface area (Å²) in [6.07, 6.45) is 1.59. The molecule has 3 rings (SSSR count). The minimum atomic E-state index is -0.0694. The lowest BCUT2D eigenvalue weighted by Crippen LogP contribution is -2.24. The predicted octanol–water partition coefficient (Wildman–Crippen LogP) is 3.56. The smallest absolute Gasteiger partial charge is 0.230 e. The molecular weight excluding hydrogens is 352 g/mol. The third-order valence-corrected chi connectivity index (χ3v) is 4.94. The fourth-order valence-corrected chi connectivity index (χ4v) is 3.34. The Morgan fingerprint density at radius 1 is 1.23 bits per heavy atom. The highest BCUT2D eigenvalue weighted by Gasteiger charge is 2.11. The molecule has 2 heterocycles. The van der Waals surface area contributed by atoms with E-state index in [0.717, 1.165) is 27.3 Å². The van der Waals surface area contributed by atoms with Gasteiger partial charge in [-0.3, -0.25) is 4.79 Å². The molecule has 0 aliphatic carbocycles. The number of nitrogens with one attached hydrogen (secondary N) is 1. The van der Waals surface area contributed by atoms with E-state index in [2.05, 4.69) is 10.3 Å². The van der Waals surface area contributed by atoms with Crippen molar-refractivity contribution in [2.24, 2.45) is 0 Å². The van der Waals surface area contributed by atoms with E-state index in [1.54, 1.807) is 26.5 Å². The number of aromatic nitrogens is 1. The third kappa shape index (κ3) is 4.11. The number of benzene rings is 1. The number of pyridine rings is 1. The Morgan fingerprint density at radius 2 is 2.00 bits per heavy atom. The second-order valence-electron chi connectivity index (χ2n) is 5.66. The summed E-state index contributed by atoms with van der Waals surface area (Å²) in [5.41, 5.74) is 1.81. The van der Waals surface area contributed by atoms with Crippen LogP contribution in [0.5, 0.6) is 11.5 Å². The van der Waals surface area contributed by atoms with Crippen LogP contribution < -0.4 is 14.8 Å². The molecule has 0 radical (unpaired) electrons. The van der Waals surface area contributed by atoms with E-state index in [4.69, 9.17) is 13.9 Å². The van der Waals surface area contributed by atoms with Crippen LogP contribution in [0.25, 0.3) is 10.9 Å². The van der Waals surface area contributed by atoms with E-state index in [1.807, 2.05) is 31.2 Å². The van der Waals surface area contributed by atoms with Crippen LogP contribution in [0.3, 0.4) is 0 Å².